The van der Waals surface area contributed by atoms with Crippen molar-refractivity contribution >= 4 is 22.8 Å². The molecule has 7 heteroatoms. The van der Waals surface area contributed by atoms with Crippen molar-refractivity contribution in [3.05, 3.63) is 82.0 Å². The lowest BCUT2D eigenvalue weighted by Crippen LogP contribution is -2.51. The molecule has 2 heterocycles. The zero-order chi connectivity index (χ0) is 19.7. The average Bonchev–Trinajstić information content (AvgIpc) is 2.73. The van der Waals surface area contributed by atoms with E-state index in [1.807, 2.05) is 0 Å². The molecule has 0 N–H and O–H groups in total. The fourth-order valence-corrected chi connectivity index (χ4v) is 3.27. The van der Waals surface area contributed by atoms with Crippen LogP contribution in [0.5, 0.6) is 0 Å². The van der Waals surface area contributed by atoms with Crippen LogP contribution in [0.2, 0.25) is 0 Å². The van der Waals surface area contributed by atoms with Crippen LogP contribution in [0.4, 0.5) is 4.39 Å². The maximum atomic E-state index is 13.0. The second-order valence-corrected chi connectivity index (χ2v) is 6.58. The molecule has 0 spiro atoms. The minimum absolute atomic E-state index is 0.0167. The van der Waals surface area contributed by atoms with Gasteiger partial charge < -0.3 is 14.2 Å². The summed E-state index contributed by atoms with van der Waals surface area (Å²) in [7, 11) is 0. The Bertz CT molecular complexity index is 1100. The highest BCUT2D eigenvalue weighted by Crippen LogP contribution is 2.15. The number of rotatable bonds is 2. The monoisotopic (exact) mass is 380 g/mol. The number of piperazine rings is 1. The third kappa shape index (κ3) is 3.38. The highest BCUT2D eigenvalue weighted by atomic mass is 19.1. The van der Waals surface area contributed by atoms with Crippen molar-refractivity contribution in [2.75, 3.05) is 26.2 Å². The van der Waals surface area contributed by atoms with Gasteiger partial charge in [0.25, 0.3) is 11.8 Å². The molecule has 0 unspecified atom stereocenters. The Morgan fingerprint density at radius 1 is 0.857 bits per heavy atom. The van der Waals surface area contributed by atoms with Crippen molar-refractivity contribution in [2.24, 2.45) is 0 Å². The molecule has 1 aliphatic rings. The van der Waals surface area contributed by atoms with Crippen LogP contribution in [0, 0.1) is 5.82 Å². The Balaban J connectivity index is 1.47. The quantitative estimate of drug-likeness (QED) is 0.641. The van der Waals surface area contributed by atoms with Crippen molar-refractivity contribution in [2.45, 2.75) is 0 Å². The van der Waals surface area contributed by atoms with Gasteiger partial charge in [-0.05, 0) is 36.4 Å². The summed E-state index contributed by atoms with van der Waals surface area (Å²) >= 11 is 0. The normalized spacial score (nSPS) is 14.3. The minimum atomic E-state index is -0.673. The largest absolute Gasteiger partial charge is 0.422 e. The van der Waals surface area contributed by atoms with Gasteiger partial charge in [-0.3, -0.25) is 9.59 Å². The van der Waals surface area contributed by atoms with E-state index in [0.717, 1.165) is 0 Å². The van der Waals surface area contributed by atoms with Gasteiger partial charge in [-0.2, -0.15) is 0 Å². The molecule has 1 fully saturated rings. The molecular formula is C21H17FN2O4. The number of carbonyl (C=O) groups excluding carboxylic acids is 2. The highest BCUT2D eigenvalue weighted by Gasteiger charge is 2.27. The first-order valence-electron chi connectivity index (χ1n) is 8.90. The number of carbonyl (C=O) groups is 2. The fourth-order valence-electron chi connectivity index (χ4n) is 3.27. The third-order valence-corrected chi connectivity index (χ3v) is 4.82. The first-order valence-corrected chi connectivity index (χ1v) is 8.90. The van der Waals surface area contributed by atoms with E-state index in [0.29, 0.717) is 42.7 Å². The van der Waals surface area contributed by atoms with Gasteiger partial charge in [0.2, 0.25) is 0 Å². The van der Waals surface area contributed by atoms with E-state index in [9.17, 15) is 18.8 Å². The van der Waals surface area contributed by atoms with Gasteiger partial charge in [0.05, 0.1) is 0 Å². The molecule has 2 aromatic carbocycles. The van der Waals surface area contributed by atoms with Crippen molar-refractivity contribution in [3.8, 4) is 0 Å². The molecule has 0 aliphatic carbocycles. The van der Waals surface area contributed by atoms with E-state index in [4.69, 9.17) is 4.42 Å². The number of benzene rings is 2. The van der Waals surface area contributed by atoms with Crippen molar-refractivity contribution in [1.82, 2.24) is 9.80 Å². The van der Waals surface area contributed by atoms with Gasteiger partial charge in [-0.15, -0.1) is 0 Å². The lowest BCUT2D eigenvalue weighted by Gasteiger charge is -2.34. The second kappa shape index (κ2) is 7.26. The smallest absolute Gasteiger partial charge is 0.349 e. The Morgan fingerprint density at radius 2 is 1.46 bits per heavy atom. The summed E-state index contributed by atoms with van der Waals surface area (Å²) in [6.45, 7) is 1.28. The van der Waals surface area contributed by atoms with Gasteiger partial charge in [0, 0.05) is 37.1 Å². The fraction of sp³-hybridized carbons (Fsp3) is 0.190. The van der Waals surface area contributed by atoms with Crippen LogP contribution in [-0.2, 0) is 0 Å². The van der Waals surface area contributed by atoms with Gasteiger partial charge in [0.15, 0.2) is 0 Å². The molecule has 4 rings (SSSR count). The molecule has 0 radical (unpaired) electrons. The standard InChI is InChI=1S/C21H17FN2O4/c22-16-7-5-14(6-8-16)19(25)23-9-11-24(12-10-23)20(26)17-13-15-3-1-2-4-18(15)28-21(17)27/h1-8,13H,9-12H2. The summed E-state index contributed by atoms with van der Waals surface area (Å²) < 4.78 is 18.3. The summed E-state index contributed by atoms with van der Waals surface area (Å²) in [5.41, 5.74) is 0.139. The van der Waals surface area contributed by atoms with E-state index in [2.05, 4.69) is 0 Å². The van der Waals surface area contributed by atoms with Crippen LogP contribution in [0.25, 0.3) is 11.0 Å². The molecule has 1 aromatic heterocycles. The molecule has 1 aliphatic heterocycles. The van der Waals surface area contributed by atoms with Crippen LogP contribution >= 0.6 is 0 Å². The van der Waals surface area contributed by atoms with Crippen LogP contribution < -0.4 is 5.63 Å². The number of fused-ring (bicyclic) bond motifs is 1. The van der Waals surface area contributed by atoms with Gasteiger partial charge in [-0.1, -0.05) is 18.2 Å². The second-order valence-electron chi connectivity index (χ2n) is 6.58. The molecule has 0 saturated carbocycles. The predicted molar refractivity (Wildman–Crippen MR) is 101 cm³/mol. The van der Waals surface area contributed by atoms with Crippen molar-refractivity contribution in [1.29, 1.82) is 0 Å². The van der Waals surface area contributed by atoms with E-state index in [-0.39, 0.29) is 11.5 Å². The van der Waals surface area contributed by atoms with Gasteiger partial charge in [0.1, 0.15) is 17.0 Å². The lowest BCUT2D eigenvalue weighted by atomic mass is 10.1. The number of hydrogen-bond acceptors (Lipinski definition) is 4. The molecule has 28 heavy (non-hydrogen) atoms. The zero-order valence-corrected chi connectivity index (χ0v) is 14.9. The topological polar surface area (TPSA) is 70.8 Å². The highest BCUT2D eigenvalue weighted by molar-refractivity contribution is 5.97. The van der Waals surface area contributed by atoms with Crippen LogP contribution in [0.3, 0.4) is 0 Å². The van der Waals surface area contributed by atoms with Crippen LogP contribution in [-0.4, -0.2) is 47.8 Å². The number of nitrogens with zero attached hydrogens (tertiary/aromatic N) is 2. The van der Waals surface area contributed by atoms with E-state index < -0.39 is 17.3 Å². The molecule has 0 atom stereocenters. The summed E-state index contributed by atoms with van der Waals surface area (Å²) in [4.78, 5) is 40.6. The number of para-hydroxylation sites is 1. The summed E-state index contributed by atoms with van der Waals surface area (Å²) in [6.07, 6.45) is 0. The van der Waals surface area contributed by atoms with E-state index in [1.165, 1.54) is 29.2 Å². The van der Waals surface area contributed by atoms with Crippen molar-refractivity contribution in [3.63, 3.8) is 0 Å². The van der Waals surface area contributed by atoms with Crippen LogP contribution in [0.15, 0.2) is 63.8 Å². The number of halogens is 1. The van der Waals surface area contributed by atoms with Crippen molar-refractivity contribution < 1.29 is 18.4 Å². The zero-order valence-electron chi connectivity index (χ0n) is 14.9. The average molecular weight is 380 g/mol. The Kier molecular flexibility index (Phi) is 4.65. The summed E-state index contributed by atoms with van der Waals surface area (Å²) in [5, 5.41) is 0.676. The maximum Gasteiger partial charge on any atom is 0.349 e. The van der Waals surface area contributed by atoms with Gasteiger partial charge >= 0.3 is 5.63 Å². The third-order valence-electron chi connectivity index (χ3n) is 4.82. The SMILES string of the molecule is O=C(c1ccc(F)cc1)N1CCN(C(=O)c2cc3ccccc3oc2=O)CC1. The maximum absolute atomic E-state index is 13.0. The number of hydrogen-bond donors (Lipinski definition) is 0. The Morgan fingerprint density at radius 3 is 2.14 bits per heavy atom. The van der Waals surface area contributed by atoms with Gasteiger partial charge in [-0.25, -0.2) is 9.18 Å². The first-order chi connectivity index (χ1) is 13.5. The Labute approximate surface area is 159 Å². The summed E-state index contributed by atoms with van der Waals surface area (Å²) in [6, 6.07) is 13.9. The first kappa shape index (κ1) is 17.9. The number of amides is 2. The lowest BCUT2D eigenvalue weighted by molar-refractivity contribution is 0.0533. The predicted octanol–water partition coefficient (Wildman–Crippen LogP) is 2.53. The molecule has 2 amide bonds. The molecule has 1 saturated heterocycles. The molecule has 6 nitrogen and oxygen atoms in total. The summed E-state index contributed by atoms with van der Waals surface area (Å²) in [5.74, 6) is -1.02. The van der Waals surface area contributed by atoms with E-state index >= 15 is 0 Å². The molecule has 0 bridgehead atoms. The van der Waals surface area contributed by atoms with E-state index in [1.54, 1.807) is 35.2 Å². The minimum Gasteiger partial charge on any atom is -0.422 e. The molecular weight excluding hydrogens is 363 g/mol. The molecule has 142 valence electrons. The Hall–Kier alpha value is -3.48. The van der Waals surface area contributed by atoms with Crippen LogP contribution in [0.1, 0.15) is 20.7 Å². The molecule has 3 aromatic rings.